The minimum Gasteiger partial charge on any atom is -0.487 e. The van der Waals surface area contributed by atoms with Crippen LogP contribution >= 0.6 is 0 Å². The molecule has 2 aromatic rings. The molecule has 2 rings (SSSR count). The van der Waals surface area contributed by atoms with Crippen LogP contribution in [0.1, 0.15) is 11.1 Å². The third-order valence-corrected chi connectivity index (χ3v) is 2.45. The highest BCUT2D eigenvalue weighted by molar-refractivity contribution is 5.53. The van der Waals surface area contributed by atoms with Gasteiger partial charge in [-0.05, 0) is 42.3 Å². The van der Waals surface area contributed by atoms with Crippen LogP contribution < -0.4 is 10.5 Å². The summed E-state index contributed by atoms with van der Waals surface area (Å²) in [5.74, 6) is 0.373. The van der Waals surface area contributed by atoms with Gasteiger partial charge >= 0.3 is 0 Å². The zero-order chi connectivity index (χ0) is 12.3. The standard InChI is InChI=1S/C14H14FNO/c1-10-5-6-13(16)14(7-10)17-9-11-3-2-4-12(15)8-11/h2-8H,9,16H2,1H3. The Morgan fingerprint density at radius 3 is 2.76 bits per heavy atom. The van der Waals surface area contributed by atoms with Crippen LogP contribution in [0.2, 0.25) is 0 Å². The van der Waals surface area contributed by atoms with Gasteiger partial charge in [0.1, 0.15) is 18.2 Å². The first-order chi connectivity index (χ1) is 8.15. The van der Waals surface area contributed by atoms with E-state index in [4.69, 9.17) is 10.5 Å². The number of nitrogens with two attached hydrogens (primary N) is 1. The van der Waals surface area contributed by atoms with Gasteiger partial charge in [0, 0.05) is 0 Å². The average Bonchev–Trinajstić information content (AvgIpc) is 2.30. The maximum Gasteiger partial charge on any atom is 0.142 e. The van der Waals surface area contributed by atoms with Gasteiger partial charge in [-0.1, -0.05) is 18.2 Å². The lowest BCUT2D eigenvalue weighted by Gasteiger charge is -2.09. The van der Waals surface area contributed by atoms with Gasteiger partial charge in [0.2, 0.25) is 0 Å². The molecule has 3 heteroatoms. The number of anilines is 1. The van der Waals surface area contributed by atoms with Gasteiger partial charge in [-0.2, -0.15) is 0 Å². The summed E-state index contributed by atoms with van der Waals surface area (Å²) in [7, 11) is 0. The number of benzene rings is 2. The molecule has 88 valence electrons. The second-order valence-corrected chi connectivity index (χ2v) is 3.96. The van der Waals surface area contributed by atoms with E-state index in [9.17, 15) is 4.39 Å². The Hall–Kier alpha value is -2.03. The molecule has 2 N–H and O–H groups in total. The van der Waals surface area contributed by atoms with E-state index >= 15 is 0 Å². The summed E-state index contributed by atoms with van der Waals surface area (Å²) in [4.78, 5) is 0. The third kappa shape index (κ3) is 2.97. The SMILES string of the molecule is Cc1ccc(N)c(OCc2cccc(F)c2)c1. The molecule has 0 fully saturated rings. The van der Waals surface area contributed by atoms with Crippen molar-refractivity contribution in [3.8, 4) is 5.75 Å². The van der Waals surface area contributed by atoms with Crippen molar-refractivity contribution >= 4 is 5.69 Å². The molecule has 0 aliphatic rings. The highest BCUT2D eigenvalue weighted by atomic mass is 19.1. The number of aryl methyl sites for hydroxylation is 1. The van der Waals surface area contributed by atoms with E-state index in [1.54, 1.807) is 12.1 Å². The molecule has 0 unspecified atom stereocenters. The molecule has 0 atom stereocenters. The third-order valence-electron chi connectivity index (χ3n) is 2.45. The summed E-state index contributed by atoms with van der Waals surface area (Å²) < 4.78 is 18.5. The Morgan fingerprint density at radius 1 is 1.18 bits per heavy atom. The topological polar surface area (TPSA) is 35.2 Å². The number of hydrogen-bond donors (Lipinski definition) is 1. The van der Waals surface area contributed by atoms with E-state index in [2.05, 4.69) is 0 Å². The van der Waals surface area contributed by atoms with Gasteiger partial charge in [0.15, 0.2) is 0 Å². The van der Waals surface area contributed by atoms with Gasteiger partial charge in [-0.25, -0.2) is 4.39 Å². The van der Waals surface area contributed by atoms with Gasteiger partial charge in [0.05, 0.1) is 5.69 Å². The number of ether oxygens (including phenoxy) is 1. The van der Waals surface area contributed by atoms with E-state index in [0.29, 0.717) is 18.0 Å². The monoisotopic (exact) mass is 231 g/mol. The lowest BCUT2D eigenvalue weighted by molar-refractivity contribution is 0.307. The molecule has 17 heavy (non-hydrogen) atoms. The summed E-state index contributed by atoms with van der Waals surface area (Å²) in [5, 5.41) is 0. The summed E-state index contributed by atoms with van der Waals surface area (Å²) in [6, 6.07) is 11.9. The van der Waals surface area contributed by atoms with Crippen molar-refractivity contribution in [2.45, 2.75) is 13.5 Å². The summed E-state index contributed by atoms with van der Waals surface area (Å²) in [6.45, 7) is 2.28. The van der Waals surface area contributed by atoms with E-state index < -0.39 is 0 Å². The molecule has 2 aromatic carbocycles. The smallest absolute Gasteiger partial charge is 0.142 e. The molecule has 0 heterocycles. The van der Waals surface area contributed by atoms with Crippen molar-refractivity contribution in [2.24, 2.45) is 0 Å². The Kier molecular flexibility index (Phi) is 3.28. The van der Waals surface area contributed by atoms with Crippen LogP contribution in [0.3, 0.4) is 0 Å². The van der Waals surface area contributed by atoms with Crippen molar-refractivity contribution in [3.63, 3.8) is 0 Å². The minimum atomic E-state index is -0.261. The van der Waals surface area contributed by atoms with E-state index in [-0.39, 0.29) is 5.82 Å². The first kappa shape index (κ1) is 11.5. The summed E-state index contributed by atoms with van der Waals surface area (Å²) in [5.41, 5.74) is 8.23. The van der Waals surface area contributed by atoms with Gasteiger partial charge < -0.3 is 10.5 Å². The number of nitrogen functional groups attached to an aromatic ring is 1. The summed E-state index contributed by atoms with van der Waals surface area (Å²) >= 11 is 0. The van der Waals surface area contributed by atoms with Crippen molar-refractivity contribution in [1.82, 2.24) is 0 Å². The molecule has 0 radical (unpaired) electrons. The predicted molar refractivity (Wildman–Crippen MR) is 66.3 cm³/mol. The molecule has 0 aromatic heterocycles. The molecule has 0 saturated heterocycles. The molecular weight excluding hydrogens is 217 g/mol. The van der Waals surface area contributed by atoms with E-state index in [1.165, 1.54) is 12.1 Å². The average molecular weight is 231 g/mol. The highest BCUT2D eigenvalue weighted by Gasteiger charge is 2.02. The van der Waals surface area contributed by atoms with Gasteiger partial charge in [0.25, 0.3) is 0 Å². The molecule has 0 saturated carbocycles. The van der Waals surface area contributed by atoms with E-state index in [1.807, 2.05) is 25.1 Å². The quantitative estimate of drug-likeness (QED) is 0.822. The minimum absolute atomic E-state index is 0.261. The van der Waals surface area contributed by atoms with Crippen molar-refractivity contribution in [2.75, 3.05) is 5.73 Å². The Balaban J connectivity index is 2.09. The number of rotatable bonds is 3. The molecule has 0 aliphatic heterocycles. The van der Waals surface area contributed by atoms with Crippen LogP contribution in [0.25, 0.3) is 0 Å². The van der Waals surface area contributed by atoms with Crippen LogP contribution in [0.5, 0.6) is 5.75 Å². The second-order valence-electron chi connectivity index (χ2n) is 3.96. The maximum absolute atomic E-state index is 13.0. The Morgan fingerprint density at radius 2 is 2.00 bits per heavy atom. The van der Waals surface area contributed by atoms with Crippen molar-refractivity contribution in [3.05, 3.63) is 59.4 Å². The highest BCUT2D eigenvalue weighted by Crippen LogP contribution is 2.23. The first-order valence-electron chi connectivity index (χ1n) is 5.38. The fourth-order valence-corrected chi connectivity index (χ4v) is 1.55. The van der Waals surface area contributed by atoms with Gasteiger partial charge in [-0.3, -0.25) is 0 Å². The Bertz CT molecular complexity index is 525. The van der Waals surface area contributed by atoms with Crippen molar-refractivity contribution in [1.29, 1.82) is 0 Å². The van der Waals surface area contributed by atoms with Gasteiger partial charge in [-0.15, -0.1) is 0 Å². The van der Waals surface area contributed by atoms with Crippen LogP contribution in [-0.2, 0) is 6.61 Å². The van der Waals surface area contributed by atoms with Crippen LogP contribution in [-0.4, -0.2) is 0 Å². The zero-order valence-electron chi connectivity index (χ0n) is 9.61. The summed E-state index contributed by atoms with van der Waals surface area (Å²) in [6.07, 6.45) is 0. The van der Waals surface area contributed by atoms with Crippen LogP contribution in [0.4, 0.5) is 10.1 Å². The molecule has 0 bridgehead atoms. The number of hydrogen-bond acceptors (Lipinski definition) is 2. The zero-order valence-corrected chi connectivity index (χ0v) is 9.61. The van der Waals surface area contributed by atoms with Crippen LogP contribution in [0.15, 0.2) is 42.5 Å². The second kappa shape index (κ2) is 4.87. The molecule has 0 amide bonds. The van der Waals surface area contributed by atoms with Crippen molar-refractivity contribution < 1.29 is 9.13 Å². The normalized spacial score (nSPS) is 10.2. The lowest BCUT2D eigenvalue weighted by atomic mass is 10.2. The fraction of sp³-hybridized carbons (Fsp3) is 0.143. The maximum atomic E-state index is 13.0. The van der Waals surface area contributed by atoms with E-state index in [0.717, 1.165) is 11.1 Å². The molecule has 2 nitrogen and oxygen atoms in total. The molecule has 0 spiro atoms. The predicted octanol–water partition coefficient (Wildman–Crippen LogP) is 3.30. The lowest BCUT2D eigenvalue weighted by Crippen LogP contribution is -1.99. The Labute approximate surface area is 99.8 Å². The van der Waals surface area contributed by atoms with Crippen LogP contribution in [0, 0.1) is 12.7 Å². The number of halogens is 1. The fourth-order valence-electron chi connectivity index (χ4n) is 1.55. The largest absolute Gasteiger partial charge is 0.487 e. The first-order valence-corrected chi connectivity index (χ1v) is 5.38. The molecule has 0 aliphatic carbocycles. The molecular formula is C14H14FNO.